The molecule has 1 aromatic carbocycles. The fourth-order valence-electron chi connectivity index (χ4n) is 4.41. The first-order chi connectivity index (χ1) is 16.2. The molecule has 34 heavy (non-hydrogen) atoms. The van der Waals surface area contributed by atoms with Gasteiger partial charge < -0.3 is 14.7 Å². The van der Waals surface area contributed by atoms with Gasteiger partial charge in [-0.25, -0.2) is 4.79 Å². The first-order valence-electron chi connectivity index (χ1n) is 12.3. The number of esters is 1. The van der Waals surface area contributed by atoms with E-state index in [1.165, 1.54) is 16.2 Å². The maximum absolute atomic E-state index is 12.7. The monoisotopic (exact) mass is 597 g/mol. The average molecular weight is 598 g/mol. The number of amides is 1. The van der Waals surface area contributed by atoms with Crippen LogP contribution in [0.15, 0.2) is 36.4 Å². The van der Waals surface area contributed by atoms with Gasteiger partial charge in [0.15, 0.2) is 0 Å². The van der Waals surface area contributed by atoms with Crippen LogP contribution in [0.2, 0.25) is 0 Å². The molecule has 1 aromatic heterocycles. The minimum absolute atomic E-state index is 0.121. The van der Waals surface area contributed by atoms with E-state index >= 15 is 0 Å². The van der Waals surface area contributed by atoms with Crippen molar-refractivity contribution < 1.29 is 19.4 Å². The first kappa shape index (κ1) is 27.1. The lowest BCUT2D eigenvalue weighted by atomic mass is 10.0. The Kier molecular flexibility index (Phi) is 9.97. The van der Waals surface area contributed by atoms with E-state index in [1.54, 1.807) is 0 Å². The number of nitrogens with zero attached hydrogens (tertiary/aromatic N) is 1. The Morgan fingerprint density at radius 2 is 1.94 bits per heavy atom. The topological polar surface area (TPSA) is 66.8 Å². The van der Waals surface area contributed by atoms with Crippen molar-refractivity contribution in [3.63, 3.8) is 0 Å². The van der Waals surface area contributed by atoms with Crippen LogP contribution in [0.25, 0.3) is 0 Å². The predicted octanol–water partition coefficient (Wildman–Crippen LogP) is 6.99. The van der Waals surface area contributed by atoms with Gasteiger partial charge in [0.1, 0.15) is 8.48 Å². The van der Waals surface area contributed by atoms with E-state index in [1.807, 2.05) is 55.1 Å². The molecule has 0 aliphatic carbocycles. The number of hydrogen-bond acceptors (Lipinski definition) is 5. The van der Waals surface area contributed by atoms with Gasteiger partial charge in [0, 0.05) is 23.0 Å². The molecule has 0 spiro atoms. The molecule has 0 saturated carbocycles. The summed E-state index contributed by atoms with van der Waals surface area (Å²) in [4.78, 5) is 28.5. The van der Waals surface area contributed by atoms with E-state index in [-0.39, 0.29) is 24.0 Å². The van der Waals surface area contributed by atoms with Gasteiger partial charge in [-0.3, -0.25) is 4.79 Å². The van der Waals surface area contributed by atoms with Gasteiger partial charge >= 0.3 is 5.97 Å². The van der Waals surface area contributed by atoms with Gasteiger partial charge in [0.2, 0.25) is 5.91 Å². The average Bonchev–Trinajstić information content (AvgIpc) is 3.40. The molecule has 7 heteroatoms. The summed E-state index contributed by atoms with van der Waals surface area (Å²) in [6, 6.07) is 11.9. The summed E-state index contributed by atoms with van der Waals surface area (Å²) in [7, 11) is 0. The normalized spacial score (nSPS) is 17.9. The minimum Gasteiger partial charge on any atom is -0.459 e. The highest BCUT2D eigenvalue weighted by Crippen LogP contribution is 2.37. The van der Waals surface area contributed by atoms with Gasteiger partial charge in [0.25, 0.3) is 0 Å². The number of alkyl halides is 1. The van der Waals surface area contributed by atoms with Crippen molar-refractivity contribution in [2.45, 2.75) is 94.3 Å². The summed E-state index contributed by atoms with van der Waals surface area (Å²) >= 11 is 3.63. The van der Waals surface area contributed by atoms with E-state index in [0.29, 0.717) is 11.3 Å². The Labute approximate surface area is 221 Å². The van der Waals surface area contributed by atoms with Crippen molar-refractivity contribution in [2.75, 3.05) is 4.90 Å². The van der Waals surface area contributed by atoms with E-state index in [4.69, 9.17) is 4.74 Å². The van der Waals surface area contributed by atoms with Gasteiger partial charge in [-0.2, -0.15) is 0 Å². The quantitative estimate of drug-likeness (QED) is 0.124. The van der Waals surface area contributed by atoms with Gasteiger partial charge in [-0.1, -0.05) is 31.9 Å². The van der Waals surface area contributed by atoms with Crippen molar-refractivity contribution in [1.29, 1.82) is 0 Å². The number of carbonyl (C=O) groups excluding carboxylic acids is 2. The van der Waals surface area contributed by atoms with Crippen LogP contribution >= 0.6 is 33.9 Å². The van der Waals surface area contributed by atoms with Gasteiger partial charge in [0.05, 0.1) is 6.10 Å². The second-order valence-electron chi connectivity index (χ2n) is 9.33. The fraction of sp³-hybridized carbons (Fsp3) is 0.556. The molecule has 2 heterocycles. The van der Waals surface area contributed by atoms with Crippen LogP contribution in [0, 0.1) is 0 Å². The van der Waals surface area contributed by atoms with Crippen LogP contribution in [0.5, 0.6) is 0 Å². The largest absolute Gasteiger partial charge is 0.459 e. The van der Waals surface area contributed by atoms with E-state index in [9.17, 15) is 14.7 Å². The fourth-order valence-corrected chi connectivity index (χ4v) is 6.08. The summed E-state index contributed by atoms with van der Waals surface area (Å²) in [5.74, 6) is -0.0914. The Hall–Kier alpha value is -1.45. The van der Waals surface area contributed by atoms with Crippen LogP contribution in [-0.4, -0.2) is 29.1 Å². The molecule has 1 saturated heterocycles. The number of aryl methyl sites for hydroxylation is 1. The predicted molar refractivity (Wildman–Crippen MR) is 147 cm³/mol. The molecule has 2 atom stereocenters. The zero-order valence-electron chi connectivity index (χ0n) is 20.4. The molecule has 1 aliphatic heterocycles. The van der Waals surface area contributed by atoms with Gasteiger partial charge in [-0.15, -0.1) is 11.3 Å². The molecular formula is C27H36INO4S. The number of rotatable bonds is 12. The van der Waals surface area contributed by atoms with Crippen molar-refractivity contribution in [3.05, 3.63) is 51.7 Å². The second-order valence-corrected chi connectivity index (χ2v) is 12.3. The van der Waals surface area contributed by atoms with Crippen LogP contribution in [0.1, 0.15) is 92.3 Å². The number of carbonyl (C=O) groups is 2. The number of unbranched alkanes of at least 4 members (excludes halogenated alkanes) is 2. The number of hydrogen-bond donors (Lipinski definition) is 1. The zero-order chi connectivity index (χ0) is 24.7. The van der Waals surface area contributed by atoms with E-state index in [0.717, 1.165) is 62.6 Å². The lowest BCUT2D eigenvalue weighted by Gasteiger charge is -2.27. The lowest BCUT2D eigenvalue weighted by Crippen LogP contribution is -2.33. The van der Waals surface area contributed by atoms with Crippen molar-refractivity contribution >= 4 is 51.5 Å². The highest BCUT2D eigenvalue weighted by atomic mass is 127. The third-order valence-electron chi connectivity index (χ3n) is 6.19. The highest BCUT2D eigenvalue weighted by molar-refractivity contribution is 14.1. The Balaban J connectivity index is 1.57. The maximum Gasteiger partial charge on any atom is 0.348 e. The molecule has 0 bridgehead atoms. The number of benzene rings is 1. The third-order valence-corrected chi connectivity index (χ3v) is 8.48. The summed E-state index contributed by atoms with van der Waals surface area (Å²) < 4.78 is 4.40. The van der Waals surface area contributed by atoms with Crippen LogP contribution in [-0.2, 0) is 19.6 Å². The Morgan fingerprint density at radius 3 is 2.62 bits per heavy atom. The maximum atomic E-state index is 12.7. The lowest BCUT2D eigenvalue weighted by molar-refractivity contribution is -0.117. The molecule has 1 aliphatic rings. The molecule has 3 rings (SSSR count). The molecule has 1 unspecified atom stereocenters. The summed E-state index contributed by atoms with van der Waals surface area (Å²) in [6.07, 6.45) is 8.04. The number of thiophene rings is 1. The highest BCUT2D eigenvalue weighted by Gasteiger charge is 2.32. The van der Waals surface area contributed by atoms with E-state index in [2.05, 4.69) is 29.5 Å². The SMILES string of the molecule is CCCCC[C@](O)(I)c1ccc(N2C(=O)CCC2CCCc2ccc(C(=O)OC(C)C)s2)cc1. The molecule has 1 amide bonds. The minimum atomic E-state index is -0.874. The number of anilines is 1. The van der Waals surface area contributed by atoms with Crippen LogP contribution < -0.4 is 4.90 Å². The molecule has 2 aromatic rings. The smallest absolute Gasteiger partial charge is 0.348 e. The van der Waals surface area contributed by atoms with Crippen molar-refractivity contribution in [2.24, 2.45) is 0 Å². The van der Waals surface area contributed by atoms with Crippen LogP contribution in [0.4, 0.5) is 5.69 Å². The number of aliphatic hydroxyl groups is 1. The van der Waals surface area contributed by atoms with Gasteiger partial charge in [-0.05, 0) is 105 Å². The molecule has 1 fully saturated rings. The van der Waals surface area contributed by atoms with Crippen molar-refractivity contribution in [1.82, 2.24) is 0 Å². The first-order valence-corrected chi connectivity index (χ1v) is 14.2. The second kappa shape index (κ2) is 12.5. The molecule has 0 radical (unpaired) electrons. The van der Waals surface area contributed by atoms with Crippen LogP contribution in [0.3, 0.4) is 0 Å². The molecule has 5 nitrogen and oxygen atoms in total. The molecule has 186 valence electrons. The molecular weight excluding hydrogens is 561 g/mol. The Morgan fingerprint density at radius 1 is 1.21 bits per heavy atom. The Bertz CT molecular complexity index is 954. The summed E-state index contributed by atoms with van der Waals surface area (Å²) in [5.41, 5.74) is 1.80. The zero-order valence-corrected chi connectivity index (χ0v) is 23.4. The number of ether oxygens (including phenoxy) is 1. The summed E-state index contributed by atoms with van der Waals surface area (Å²) in [6.45, 7) is 5.86. The standard InChI is InChI=1S/C27H36INO4S/c1-4-5-6-18-27(28,32)20-10-12-22(13-11-20)29-21(14-17-25(29)30)8-7-9-23-15-16-24(34-23)26(31)33-19(2)3/h10-13,15-16,19,21,32H,4-9,14,17-18H2,1-3H3/t21?,27-/m1/s1. The third kappa shape index (κ3) is 7.28. The number of halogens is 1. The molecule has 1 N–H and O–H groups in total. The summed E-state index contributed by atoms with van der Waals surface area (Å²) in [5, 5.41) is 10.9. The van der Waals surface area contributed by atoms with E-state index < -0.39 is 3.61 Å². The van der Waals surface area contributed by atoms with Crippen molar-refractivity contribution in [3.8, 4) is 0 Å².